The SMILES string of the molecule is CCC1CCCCN1c1cc(C(=O)O)c2ccccc2n1. The highest BCUT2D eigenvalue weighted by Crippen LogP contribution is 2.28. The van der Waals surface area contributed by atoms with Crippen LogP contribution in [0, 0.1) is 0 Å². The summed E-state index contributed by atoms with van der Waals surface area (Å²) < 4.78 is 0. The first-order valence-electron chi connectivity index (χ1n) is 7.60. The number of carboxylic acid groups (broad SMARTS) is 1. The van der Waals surface area contributed by atoms with Crippen molar-refractivity contribution in [3.8, 4) is 0 Å². The monoisotopic (exact) mass is 284 g/mol. The molecule has 1 unspecified atom stereocenters. The molecule has 1 fully saturated rings. The van der Waals surface area contributed by atoms with Crippen molar-refractivity contribution in [2.75, 3.05) is 11.4 Å². The van der Waals surface area contributed by atoms with Gasteiger partial charge in [0.15, 0.2) is 0 Å². The molecule has 2 heterocycles. The number of aromatic nitrogens is 1. The zero-order valence-corrected chi connectivity index (χ0v) is 12.2. The Balaban J connectivity index is 2.12. The highest BCUT2D eigenvalue weighted by Gasteiger charge is 2.23. The van der Waals surface area contributed by atoms with Crippen LogP contribution in [0.25, 0.3) is 10.9 Å². The van der Waals surface area contributed by atoms with Gasteiger partial charge in [0, 0.05) is 18.0 Å². The van der Waals surface area contributed by atoms with E-state index in [4.69, 9.17) is 4.98 Å². The molecule has 1 aromatic carbocycles. The lowest BCUT2D eigenvalue weighted by Crippen LogP contribution is -2.39. The summed E-state index contributed by atoms with van der Waals surface area (Å²) in [5.41, 5.74) is 1.10. The zero-order valence-electron chi connectivity index (χ0n) is 12.2. The van der Waals surface area contributed by atoms with Crippen molar-refractivity contribution in [2.24, 2.45) is 0 Å². The number of aromatic carboxylic acids is 1. The average Bonchev–Trinajstić information content (AvgIpc) is 2.53. The number of para-hydroxylation sites is 1. The van der Waals surface area contributed by atoms with Crippen LogP contribution in [0.15, 0.2) is 30.3 Å². The minimum absolute atomic E-state index is 0.344. The van der Waals surface area contributed by atoms with Gasteiger partial charge in [0.1, 0.15) is 5.82 Å². The maximum atomic E-state index is 11.6. The molecule has 0 aliphatic carbocycles. The molecule has 1 aliphatic rings. The van der Waals surface area contributed by atoms with E-state index in [-0.39, 0.29) is 0 Å². The smallest absolute Gasteiger partial charge is 0.336 e. The second-order valence-corrected chi connectivity index (χ2v) is 5.60. The van der Waals surface area contributed by atoms with Crippen molar-refractivity contribution >= 4 is 22.7 Å². The lowest BCUT2D eigenvalue weighted by molar-refractivity contribution is 0.0699. The Morgan fingerprint density at radius 2 is 2.19 bits per heavy atom. The summed E-state index contributed by atoms with van der Waals surface area (Å²) in [5, 5.41) is 10.2. The molecule has 0 amide bonds. The number of anilines is 1. The normalized spacial score (nSPS) is 18.9. The minimum Gasteiger partial charge on any atom is -0.478 e. The fourth-order valence-corrected chi connectivity index (χ4v) is 3.21. The number of nitrogens with zero attached hydrogens (tertiary/aromatic N) is 2. The van der Waals surface area contributed by atoms with E-state index in [1.54, 1.807) is 6.07 Å². The molecular formula is C17H20N2O2. The number of fused-ring (bicyclic) bond motifs is 1. The Labute approximate surface area is 124 Å². The molecule has 4 heteroatoms. The first kappa shape index (κ1) is 13.9. The lowest BCUT2D eigenvalue weighted by atomic mass is 9.99. The Morgan fingerprint density at radius 1 is 1.38 bits per heavy atom. The van der Waals surface area contributed by atoms with E-state index in [2.05, 4.69) is 11.8 Å². The Morgan fingerprint density at radius 3 is 2.95 bits per heavy atom. The number of benzene rings is 1. The molecule has 0 bridgehead atoms. The molecule has 4 nitrogen and oxygen atoms in total. The summed E-state index contributed by atoms with van der Waals surface area (Å²) in [6.45, 7) is 3.14. The fourth-order valence-electron chi connectivity index (χ4n) is 3.21. The van der Waals surface area contributed by atoms with Crippen LogP contribution >= 0.6 is 0 Å². The molecule has 1 atom stereocenters. The van der Waals surface area contributed by atoms with Crippen LogP contribution in [0.4, 0.5) is 5.82 Å². The second-order valence-electron chi connectivity index (χ2n) is 5.60. The van der Waals surface area contributed by atoms with Crippen LogP contribution in [0.1, 0.15) is 43.0 Å². The second kappa shape index (κ2) is 5.72. The zero-order chi connectivity index (χ0) is 14.8. The topological polar surface area (TPSA) is 53.4 Å². The molecule has 3 rings (SSSR count). The number of carboxylic acids is 1. The van der Waals surface area contributed by atoms with Gasteiger partial charge in [-0.05, 0) is 37.8 Å². The van der Waals surface area contributed by atoms with Gasteiger partial charge in [-0.25, -0.2) is 9.78 Å². The van der Waals surface area contributed by atoms with E-state index in [1.807, 2.05) is 24.3 Å². The van der Waals surface area contributed by atoms with Gasteiger partial charge in [-0.2, -0.15) is 0 Å². The van der Waals surface area contributed by atoms with E-state index in [1.165, 1.54) is 6.42 Å². The maximum Gasteiger partial charge on any atom is 0.336 e. The van der Waals surface area contributed by atoms with Gasteiger partial charge in [-0.3, -0.25) is 0 Å². The summed E-state index contributed by atoms with van der Waals surface area (Å²) >= 11 is 0. The lowest BCUT2D eigenvalue weighted by Gasteiger charge is -2.36. The van der Waals surface area contributed by atoms with Gasteiger partial charge in [0.05, 0.1) is 11.1 Å². The van der Waals surface area contributed by atoms with E-state index in [0.717, 1.165) is 37.1 Å². The number of pyridine rings is 1. The van der Waals surface area contributed by atoms with E-state index in [9.17, 15) is 9.90 Å². The largest absolute Gasteiger partial charge is 0.478 e. The molecule has 21 heavy (non-hydrogen) atoms. The predicted molar refractivity (Wildman–Crippen MR) is 84.0 cm³/mol. The molecule has 0 saturated carbocycles. The van der Waals surface area contributed by atoms with Gasteiger partial charge in [-0.15, -0.1) is 0 Å². The van der Waals surface area contributed by atoms with Gasteiger partial charge < -0.3 is 10.0 Å². The molecule has 0 radical (unpaired) electrons. The van der Waals surface area contributed by atoms with Crippen molar-refractivity contribution in [3.05, 3.63) is 35.9 Å². The standard InChI is InChI=1S/C17H20N2O2/c1-2-12-7-5-6-10-19(12)16-11-14(17(20)21)13-8-3-4-9-15(13)18-16/h3-4,8-9,11-12H,2,5-7,10H2,1H3,(H,20,21). The van der Waals surface area contributed by atoms with Gasteiger partial charge in [0.2, 0.25) is 0 Å². The Bertz CT molecular complexity index is 669. The third kappa shape index (κ3) is 2.58. The third-order valence-electron chi connectivity index (χ3n) is 4.33. The predicted octanol–water partition coefficient (Wildman–Crippen LogP) is 3.70. The van der Waals surface area contributed by atoms with Gasteiger partial charge >= 0.3 is 5.97 Å². The van der Waals surface area contributed by atoms with Crippen molar-refractivity contribution < 1.29 is 9.90 Å². The van der Waals surface area contributed by atoms with Crippen LogP contribution in [-0.4, -0.2) is 28.6 Å². The van der Waals surface area contributed by atoms with Crippen LogP contribution in [0.5, 0.6) is 0 Å². The van der Waals surface area contributed by atoms with Crippen LogP contribution < -0.4 is 4.90 Å². The first-order valence-corrected chi connectivity index (χ1v) is 7.60. The molecule has 1 N–H and O–H groups in total. The highest BCUT2D eigenvalue weighted by atomic mass is 16.4. The molecule has 110 valence electrons. The van der Waals surface area contributed by atoms with Crippen LogP contribution in [0.2, 0.25) is 0 Å². The van der Waals surface area contributed by atoms with Gasteiger partial charge in [0.25, 0.3) is 0 Å². The highest BCUT2D eigenvalue weighted by molar-refractivity contribution is 6.03. The van der Waals surface area contributed by atoms with Crippen molar-refractivity contribution in [1.29, 1.82) is 0 Å². The van der Waals surface area contributed by atoms with Crippen molar-refractivity contribution in [1.82, 2.24) is 4.98 Å². The van der Waals surface area contributed by atoms with E-state index in [0.29, 0.717) is 17.0 Å². The minimum atomic E-state index is -0.889. The molecular weight excluding hydrogens is 264 g/mol. The van der Waals surface area contributed by atoms with Crippen LogP contribution in [-0.2, 0) is 0 Å². The molecule has 1 aliphatic heterocycles. The number of piperidine rings is 1. The molecule has 1 aromatic heterocycles. The summed E-state index contributed by atoms with van der Waals surface area (Å²) in [7, 11) is 0. The maximum absolute atomic E-state index is 11.6. The Kier molecular flexibility index (Phi) is 3.78. The summed E-state index contributed by atoms with van der Waals surface area (Å²) in [4.78, 5) is 18.5. The summed E-state index contributed by atoms with van der Waals surface area (Å²) in [6, 6.07) is 9.66. The number of rotatable bonds is 3. The number of hydrogen-bond donors (Lipinski definition) is 1. The number of hydrogen-bond acceptors (Lipinski definition) is 3. The van der Waals surface area contributed by atoms with Crippen LogP contribution in [0.3, 0.4) is 0 Å². The van der Waals surface area contributed by atoms with Gasteiger partial charge in [-0.1, -0.05) is 25.1 Å². The summed E-state index contributed by atoms with van der Waals surface area (Å²) in [6.07, 6.45) is 4.62. The quantitative estimate of drug-likeness (QED) is 0.933. The Hall–Kier alpha value is -2.10. The van der Waals surface area contributed by atoms with E-state index >= 15 is 0 Å². The van der Waals surface area contributed by atoms with Crippen molar-refractivity contribution in [3.63, 3.8) is 0 Å². The summed E-state index contributed by atoms with van der Waals surface area (Å²) in [5.74, 6) is -0.0856. The van der Waals surface area contributed by atoms with Crippen molar-refractivity contribution in [2.45, 2.75) is 38.6 Å². The fraction of sp³-hybridized carbons (Fsp3) is 0.412. The average molecular weight is 284 g/mol. The van der Waals surface area contributed by atoms with E-state index < -0.39 is 5.97 Å². The molecule has 1 saturated heterocycles. The molecule has 2 aromatic rings. The third-order valence-corrected chi connectivity index (χ3v) is 4.33. The molecule has 0 spiro atoms. The number of carbonyl (C=O) groups is 1. The first-order chi connectivity index (χ1) is 10.2.